The molecule has 1 fully saturated rings. The molecule has 0 amide bonds. The van der Waals surface area contributed by atoms with Gasteiger partial charge in [0.2, 0.25) is 0 Å². The molecule has 0 aliphatic heterocycles. The molecule has 1 aliphatic carbocycles. The molecule has 11 heavy (non-hydrogen) atoms. The molecular formula is C7H15NO3. The topological polar surface area (TPSA) is 86.7 Å². The van der Waals surface area contributed by atoms with Crippen LogP contribution in [-0.2, 0) is 0 Å². The highest BCUT2D eigenvalue weighted by Gasteiger charge is 2.36. The van der Waals surface area contributed by atoms with E-state index in [0.717, 1.165) is 0 Å². The van der Waals surface area contributed by atoms with Gasteiger partial charge in [0.25, 0.3) is 0 Å². The molecule has 1 saturated carbocycles. The van der Waals surface area contributed by atoms with Crippen molar-refractivity contribution in [3.8, 4) is 0 Å². The molecule has 3 atom stereocenters. The first-order valence-corrected chi connectivity index (χ1v) is 3.84. The number of nitrogens with two attached hydrogens (primary N) is 1. The molecule has 5 N–H and O–H groups in total. The fourth-order valence-corrected chi connectivity index (χ4v) is 1.41. The molecule has 0 spiro atoms. The third-order valence-electron chi connectivity index (χ3n) is 2.32. The van der Waals surface area contributed by atoms with Crippen LogP contribution in [0.25, 0.3) is 0 Å². The van der Waals surface area contributed by atoms with E-state index in [0.29, 0.717) is 12.8 Å². The first-order chi connectivity index (χ1) is 5.07. The van der Waals surface area contributed by atoms with Crippen LogP contribution >= 0.6 is 0 Å². The molecule has 4 nitrogen and oxygen atoms in total. The van der Waals surface area contributed by atoms with Crippen molar-refractivity contribution < 1.29 is 15.3 Å². The van der Waals surface area contributed by atoms with Gasteiger partial charge in [-0.1, -0.05) is 0 Å². The average Bonchev–Trinajstić information content (AvgIpc) is 1.98. The fraction of sp³-hybridized carbons (Fsp3) is 1.00. The largest absolute Gasteiger partial charge is 0.393 e. The summed E-state index contributed by atoms with van der Waals surface area (Å²) in [6.45, 7) is -0.295. The highest BCUT2D eigenvalue weighted by molar-refractivity contribution is 4.91. The minimum absolute atomic E-state index is 0.185. The van der Waals surface area contributed by atoms with Crippen molar-refractivity contribution in [2.24, 2.45) is 5.73 Å². The maximum atomic E-state index is 9.50. The Balaban J connectivity index is 2.51. The van der Waals surface area contributed by atoms with Gasteiger partial charge in [0.15, 0.2) is 0 Å². The minimum Gasteiger partial charge on any atom is -0.393 e. The highest BCUT2D eigenvalue weighted by atomic mass is 16.3. The van der Waals surface area contributed by atoms with Crippen molar-refractivity contribution >= 4 is 0 Å². The van der Waals surface area contributed by atoms with Gasteiger partial charge >= 0.3 is 0 Å². The summed E-state index contributed by atoms with van der Waals surface area (Å²) in [6, 6.07) is -0.248. The lowest BCUT2D eigenvalue weighted by molar-refractivity contribution is -0.0830. The quantitative estimate of drug-likeness (QED) is 0.380. The summed E-state index contributed by atoms with van der Waals surface area (Å²) in [5.74, 6) is 0. The average molecular weight is 161 g/mol. The SMILES string of the molecule is NC1CCC(O)(CO)CC1O. The van der Waals surface area contributed by atoms with Crippen LogP contribution < -0.4 is 5.73 Å². The molecule has 0 heterocycles. The molecule has 0 aromatic carbocycles. The molecule has 0 radical (unpaired) electrons. The Morgan fingerprint density at radius 2 is 2.18 bits per heavy atom. The van der Waals surface area contributed by atoms with Crippen molar-refractivity contribution in [2.45, 2.75) is 37.0 Å². The number of rotatable bonds is 1. The van der Waals surface area contributed by atoms with Crippen LogP contribution in [-0.4, -0.2) is 39.7 Å². The second-order valence-electron chi connectivity index (χ2n) is 3.36. The standard InChI is InChI=1S/C7H15NO3/c8-5-1-2-7(11,4-9)3-6(5)10/h5-6,9-11H,1-4,8H2. The van der Waals surface area contributed by atoms with E-state index in [1.807, 2.05) is 0 Å². The van der Waals surface area contributed by atoms with E-state index in [4.69, 9.17) is 10.8 Å². The summed E-state index contributed by atoms with van der Waals surface area (Å²) in [4.78, 5) is 0. The second kappa shape index (κ2) is 3.06. The van der Waals surface area contributed by atoms with Crippen molar-refractivity contribution in [3.05, 3.63) is 0 Å². The first-order valence-electron chi connectivity index (χ1n) is 3.84. The molecule has 4 heteroatoms. The number of aliphatic hydroxyl groups excluding tert-OH is 2. The molecule has 3 unspecified atom stereocenters. The van der Waals surface area contributed by atoms with Gasteiger partial charge in [-0.3, -0.25) is 0 Å². The van der Waals surface area contributed by atoms with Crippen LogP contribution in [0.5, 0.6) is 0 Å². The lowest BCUT2D eigenvalue weighted by atomic mass is 9.81. The molecule has 0 aromatic heterocycles. The molecule has 66 valence electrons. The maximum Gasteiger partial charge on any atom is 0.0903 e. The predicted octanol–water partition coefficient (Wildman–Crippen LogP) is -1.42. The third kappa shape index (κ3) is 1.90. The first kappa shape index (κ1) is 8.93. The Kier molecular flexibility index (Phi) is 2.49. The van der Waals surface area contributed by atoms with E-state index < -0.39 is 11.7 Å². The zero-order chi connectivity index (χ0) is 8.48. The van der Waals surface area contributed by atoms with Crippen molar-refractivity contribution in [1.82, 2.24) is 0 Å². The third-order valence-corrected chi connectivity index (χ3v) is 2.32. The molecular weight excluding hydrogens is 146 g/mol. The number of hydrogen-bond donors (Lipinski definition) is 4. The Labute approximate surface area is 65.6 Å². The summed E-state index contributed by atoms with van der Waals surface area (Å²) in [6.07, 6.45) is 0.547. The summed E-state index contributed by atoms with van der Waals surface area (Å²) < 4.78 is 0. The Morgan fingerprint density at radius 1 is 1.55 bits per heavy atom. The van der Waals surface area contributed by atoms with Crippen molar-refractivity contribution in [3.63, 3.8) is 0 Å². The van der Waals surface area contributed by atoms with E-state index >= 15 is 0 Å². The normalized spacial score (nSPS) is 45.8. The van der Waals surface area contributed by atoms with Gasteiger partial charge in [-0.15, -0.1) is 0 Å². The number of aliphatic hydroxyl groups is 3. The summed E-state index contributed by atoms with van der Waals surface area (Å²) in [5.41, 5.74) is 4.41. The molecule has 1 aliphatic rings. The van der Waals surface area contributed by atoms with Gasteiger partial charge in [0.05, 0.1) is 18.3 Å². The van der Waals surface area contributed by atoms with Gasteiger partial charge in [-0.2, -0.15) is 0 Å². The maximum absolute atomic E-state index is 9.50. The van der Waals surface area contributed by atoms with Crippen LogP contribution in [0.2, 0.25) is 0 Å². The monoisotopic (exact) mass is 161 g/mol. The lowest BCUT2D eigenvalue weighted by Gasteiger charge is -2.36. The Bertz CT molecular complexity index is 142. The number of hydrogen-bond acceptors (Lipinski definition) is 4. The molecule has 0 aromatic rings. The zero-order valence-corrected chi connectivity index (χ0v) is 6.40. The summed E-state index contributed by atoms with van der Waals surface area (Å²) >= 11 is 0. The molecule has 0 saturated heterocycles. The van der Waals surface area contributed by atoms with Gasteiger partial charge in [-0.05, 0) is 12.8 Å². The predicted molar refractivity (Wildman–Crippen MR) is 39.9 cm³/mol. The van der Waals surface area contributed by atoms with E-state index in [9.17, 15) is 10.2 Å². The minimum atomic E-state index is -1.10. The van der Waals surface area contributed by atoms with E-state index in [1.54, 1.807) is 0 Å². The van der Waals surface area contributed by atoms with Crippen LogP contribution in [0.1, 0.15) is 19.3 Å². The van der Waals surface area contributed by atoms with Crippen LogP contribution in [0.3, 0.4) is 0 Å². The van der Waals surface area contributed by atoms with Gasteiger partial charge in [0, 0.05) is 12.5 Å². The van der Waals surface area contributed by atoms with Crippen LogP contribution in [0, 0.1) is 0 Å². The fourth-order valence-electron chi connectivity index (χ4n) is 1.41. The van der Waals surface area contributed by atoms with E-state index in [1.165, 1.54) is 0 Å². The zero-order valence-electron chi connectivity index (χ0n) is 6.40. The summed E-state index contributed by atoms with van der Waals surface area (Å²) in [5, 5.41) is 27.5. The smallest absolute Gasteiger partial charge is 0.0903 e. The van der Waals surface area contributed by atoms with E-state index in [-0.39, 0.29) is 19.1 Å². The van der Waals surface area contributed by atoms with Crippen molar-refractivity contribution in [1.29, 1.82) is 0 Å². The second-order valence-corrected chi connectivity index (χ2v) is 3.36. The summed E-state index contributed by atoms with van der Waals surface area (Å²) in [7, 11) is 0. The Hall–Kier alpha value is -0.160. The van der Waals surface area contributed by atoms with Crippen molar-refractivity contribution in [2.75, 3.05) is 6.61 Å². The Morgan fingerprint density at radius 3 is 2.64 bits per heavy atom. The highest BCUT2D eigenvalue weighted by Crippen LogP contribution is 2.27. The van der Waals surface area contributed by atoms with E-state index in [2.05, 4.69) is 0 Å². The van der Waals surface area contributed by atoms with Crippen LogP contribution in [0.15, 0.2) is 0 Å². The van der Waals surface area contributed by atoms with Crippen LogP contribution in [0.4, 0.5) is 0 Å². The van der Waals surface area contributed by atoms with Gasteiger partial charge in [-0.25, -0.2) is 0 Å². The molecule has 0 bridgehead atoms. The van der Waals surface area contributed by atoms with Gasteiger partial charge in [0.1, 0.15) is 0 Å². The van der Waals surface area contributed by atoms with Gasteiger partial charge < -0.3 is 21.1 Å². The lowest BCUT2D eigenvalue weighted by Crippen LogP contribution is -2.49. The molecule has 1 rings (SSSR count).